The van der Waals surface area contributed by atoms with Crippen LogP contribution in [0.4, 0.5) is 5.69 Å². The van der Waals surface area contributed by atoms with E-state index in [0.717, 1.165) is 17.7 Å². The van der Waals surface area contributed by atoms with Gasteiger partial charge in [0.05, 0.1) is 6.21 Å². The van der Waals surface area contributed by atoms with E-state index in [1.807, 2.05) is 24.3 Å². The van der Waals surface area contributed by atoms with Gasteiger partial charge in [0, 0.05) is 18.7 Å². The van der Waals surface area contributed by atoms with E-state index >= 15 is 0 Å². The Balaban J connectivity index is 1.79. The Morgan fingerprint density at radius 2 is 1.96 bits per heavy atom. The first-order valence-corrected chi connectivity index (χ1v) is 8.42. The molecule has 1 fully saturated rings. The molecule has 6 heteroatoms. The zero-order valence-corrected chi connectivity index (χ0v) is 14.5. The number of nitrogens with one attached hydrogen (secondary N) is 3. The van der Waals surface area contributed by atoms with Gasteiger partial charge in [-0.2, -0.15) is 5.10 Å². The predicted octanol–water partition coefficient (Wildman–Crippen LogP) is 3.02. The fourth-order valence-electron chi connectivity index (χ4n) is 2.75. The van der Waals surface area contributed by atoms with Gasteiger partial charge >= 0.3 is 0 Å². The minimum Gasteiger partial charge on any atom is -0.358 e. The summed E-state index contributed by atoms with van der Waals surface area (Å²) in [7, 11) is 0. The highest BCUT2D eigenvalue weighted by atomic mass is 32.1. The van der Waals surface area contributed by atoms with Crippen molar-refractivity contribution in [2.45, 2.75) is 45.6 Å². The summed E-state index contributed by atoms with van der Waals surface area (Å²) in [6.45, 7) is 3.75. The number of anilines is 1. The van der Waals surface area contributed by atoms with E-state index in [-0.39, 0.29) is 5.91 Å². The van der Waals surface area contributed by atoms with Crippen molar-refractivity contribution in [2.24, 2.45) is 11.0 Å². The largest absolute Gasteiger partial charge is 0.358 e. The number of hydrogen-bond acceptors (Lipinski definition) is 3. The zero-order valence-electron chi connectivity index (χ0n) is 13.6. The van der Waals surface area contributed by atoms with Crippen LogP contribution in [-0.4, -0.2) is 23.3 Å². The topological polar surface area (TPSA) is 65.5 Å². The van der Waals surface area contributed by atoms with Crippen LogP contribution in [0.5, 0.6) is 0 Å². The molecule has 1 aromatic rings. The van der Waals surface area contributed by atoms with Gasteiger partial charge in [0.1, 0.15) is 0 Å². The summed E-state index contributed by atoms with van der Waals surface area (Å²) in [6, 6.07) is 7.88. The Kier molecular flexibility index (Phi) is 6.52. The number of hydrazone groups is 1. The lowest BCUT2D eigenvalue weighted by Gasteiger charge is -2.30. The van der Waals surface area contributed by atoms with Gasteiger partial charge in [-0.15, -0.1) is 0 Å². The van der Waals surface area contributed by atoms with E-state index in [2.05, 4.69) is 28.1 Å². The summed E-state index contributed by atoms with van der Waals surface area (Å²) in [5.41, 5.74) is 4.57. The van der Waals surface area contributed by atoms with E-state index in [1.165, 1.54) is 26.2 Å². The molecule has 1 aromatic carbocycles. The molecule has 124 valence electrons. The lowest BCUT2D eigenvalue weighted by molar-refractivity contribution is -0.114. The van der Waals surface area contributed by atoms with Crippen LogP contribution >= 0.6 is 12.2 Å². The first-order valence-electron chi connectivity index (χ1n) is 8.02. The average Bonchev–Trinajstić information content (AvgIpc) is 2.51. The molecule has 0 aliphatic heterocycles. The van der Waals surface area contributed by atoms with Gasteiger partial charge in [-0.05, 0) is 48.7 Å². The standard InChI is InChI=1S/C17H24N4OS/c1-12-5-3-4-6-16(12)20-17(23)21-18-11-14-7-9-15(10-8-14)19-13(2)22/h7-12,16H,3-6H2,1-2H3,(H,19,22)(H2,20,21,23)/b18-11-/t12-,16-/m1/s1. The van der Waals surface area contributed by atoms with E-state index in [9.17, 15) is 4.79 Å². The Morgan fingerprint density at radius 3 is 2.61 bits per heavy atom. The quantitative estimate of drug-likeness (QED) is 0.450. The van der Waals surface area contributed by atoms with Crippen LogP contribution in [0.15, 0.2) is 29.4 Å². The monoisotopic (exact) mass is 332 g/mol. The number of benzene rings is 1. The molecule has 0 unspecified atom stereocenters. The summed E-state index contributed by atoms with van der Waals surface area (Å²) in [4.78, 5) is 11.0. The summed E-state index contributed by atoms with van der Waals surface area (Å²) >= 11 is 5.29. The molecule has 2 atom stereocenters. The van der Waals surface area contributed by atoms with Crippen LogP contribution in [0.3, 0.4) is 0 Å². The molecule has 0 aromatic heterocycles. The van der Waals surface area contributed by atoms with Crippen molar-refractivity contribution in [2.75, 3.05) is 5.32 Å². The molecule has 1 saturated carbocycles. The summed E-state index contributed by atoms with van der Waals surface area (Å²) < 4.78 is 0. The predicted molar refractivity (Wildman–Crippen MR) is 98.6 cm³/mol. The Labute approximate surface area is 142 Å². The fraction of sp³-hybridized carbons (Fsp3) is 0.471. The van der Waals surface area contributed by atoms with Gasteiger partial charge in [-0.1, -0.05) is 31.9 Å². The number of carbonyl (C=O) groups is 1. The van der Waals surface area contributed by atoms with E-state index in [0.29, 0.717) is 17.1 Å². The third-order valence-electron chi connectivity index (χ3n) is 4.04. The number of nitrogens with zero attached hydrogens (tertiary/aromatic N) is 1. The zero-order chi connectivity index (χ0) is 16.7. The molecule has 0 bridgehead atoms. The van der Waals surface area contributed by atoms with Gasteiger partial charge in [0.15, 0.2) is 5.11 Å². The van der Waals surface area contributed by atoms with E-state index in [4.69, 9.17) is 12.2 Å². The molecule has 0 radical (unpaired) electrons. The first-order chi connectivity index (χ1) is 11.0. The molecule has 23 heavy (non-hydrogen) atoms. The second kappa shape index (κ2) is 8.62. The number of rotatable bonds is 4. The van der Waals surface area contributed by atoms with E-state index in [1.54, 1.807) is 6.21 Å². The highest BCUT2D eigenvalue weighted by Crippen LogP contribution is 2.23. The van der Waals surface area contributed by atoms with Crippen LogP contribution in [-0.2, 0) is 4.79 Å². The maximum Gasteiger partial charge on any atom is 0.221 e. The summed E-state index contributed by atoms with van der Waals surface area (Å²) in [5.74, 6) is 0.565. The minimum absolute atomic E-state index is 0.0820. The van der Waals surface area contributed by atoms with Gasteiger partial charge in [0.2, 0.25) is 5.91 Å². The van der Waals surface area contributed by atoms with Gasteiger partial charge < -0.3 is 10.6 Å². The van der Waals surface area contributed by atoms with Crippen molar-refractivity contribution in [1.82, 2.24) is 10.7 Å². The smallest absolute Gasteiger partial charge is 0.221 e. The van der Waals surface area contributed by atoms with Crippen molar-refractivity contribution in [3.8, 4) is 0 Å². The van der Waals surface area contributed by atoms with Gasteiger partial charge in [-0.25, -0.2) is 0 Å². The second-order valence-corrected chi connectivity index (χ2v) is 6.42. The van der Waals surface area contributed by atoms with Crippen LogP contribution < -0.4 is 16.1 Å². The lowest BCUT2D eigenvalue weighted by Crippen LogP contribution is -2.44. The second-order valence-electron chi connectivity index (χ2n) is 6.01. The molecule has 1 aliphatic carbocycles. The highest BCUT2D eigenvalue weighted by Gasteiger charge is 2.21. The molecule has 2 rings (SSSR count). The van der Waals surface area contributed by atoms with Crippen molar-refractivity contribution >= 4 is 35.1 Å². The third-order valence-corrected chi connectivity index (χ3v) is 4.25. The Bertz CT molecular complexity index is 570. The first kappa shape index (κ1) is 17.4. The molecule has 1 aliphatic rings. The van der Waals surface area contributed by atoms with Crippen molar-refractivity contribution in [1.29, 1.82) is 0 Å². The van der Waals surface area contributed by atoms with E-state index < -0.39 is 0 Å². The number of amides is 1. The van der Waals surface area contributed by atoms with Crippen molar-refractivity contribution < 1.29 is 4.79 Å². The Hall–Kier alpha value is -1.95. The van der Waals surface area contributed by atoms with Crippen molar-refractivity contribution in [3.63, 3.8) is 0 Å². The highest BCUT2D eigenvalue weighted by molar-refractivity contribution is 7.80. The molecule has 5 nitrogen and oxygen atoms in total. The maximum atomic E-state index is 11.0. The van der Waals surface area contributed by atoms with Crippen LogP contribution in [0.1, 0.15) is 45.1 Å². The molecule has 0 heterocycles. The normalized spacial score (nSPS) is 21.0. The number of hydrogen-bond donors (Lipinski definition) is 3. The van der Waals surface area contributed by atoms with Gasteiger partial charge in [-0.3, -0.25) is 10.2 Å². The van der Waals surface area contributed by atoms with Crippen molar-refractivity contribution in [3.05, 3.63) is 29.8 Å². The summed E-state index contributed by atoms with van der Waals surface area (Å²) in [6.07, 6.45) is 6.69. The average molecular weight is 332 g/mol. The maximum absolute atomic E-state index is 11.0. The molecular weight excluding hydrogens is 308 g/mol. The van der Waals surface area contributed by atoms with Gasteiger partial charge in [0.25, 0.3) is 0 Å². The fourth-order valence-corrected chi connectivity index (χ4v) is 2.96. The minimum atomic E-state index is -0.0820. The third kappa shape index (κ3) is 5.98. The molecule has 3 N–H and O–H groups in total. The molecular formula is C17H24N4OS. The lowest BCUT2D eigenvalue weighted by atomic mass is 9.86. The number of carbonyl (C=O) groups excluding carboxylic acids is 1. The SMILES string of the molecule is CC(=O)Nc1ccc(/C=N\NC(=S)N[C@@H]2CCCC[C@H]2C)cc1. The number of thiocarbonyl (C=S) groups is 1. The van der Waals surface area contributed by atoms with Crippen LogP contribution in [0, 0.1) is 5.92 Å². The summed E-state index contributed by atoms with van der Waals surface area (Å²) in [5, 5.41) is 10.8. The Morgan fingerprint density at radius 1 is 1.26 bits per heavy atom. The molecule has 0 saturated heterocycles. The van der Waals surface area contributed by atoms with Crippen LogP contribution in [0.2, 0.25) is 0 Å². The molecule has 0 spiro atoms. The molecule has 1 amide bonds. The van der Waals surface area contributed by atoms with Crippen LogP contribution in [0.25, 0.3) is 0 Å².